The largest absolute Gasteiger partial charge is 0.496 e. The minimum atomic E-state index is -0.285. The Bertz CT molecular complexity index is 612. The van der Waals surface area contributed by atoms with Gasteiger partial charge in [0.15, 0.2) is 0 Å². The number of benzene rings is 1. The Morgan fingerprint density at radius 2 is 1.96 bits per heavy atom. The molecule has 1 spiro atoms. The van der Waals surface area contributed by atoms with Crippen molar-refractivity contribution in [1.29, 1.82) is 0 Å². The minimum absolute atomic E-state index is 0.137. The van der Waals surface area contributed by atoms with Crippen molar-refractivity contribution >= 4 is 6.09 Å². The number of nitrogens with zero attached hydrogens (tertiary/aromatic N) is 3. The van der Waals surface area contributed by atoms with E-state index >= 15 is 0 Å². The number of methoxy groups -OCH3 is 1. The van der Waals surface area contributed by atoms with Gasteiger partial charge < -0.3 is 19.3 Å². The summed E-state index contributed by atoms with van der Waals surface area (Å²) in [6, 6.07) is 8.17. The van der Waals surface area contributed by atoms with Crippen LogP contribution in [-0.4, -0.2) is 80.3 Å². The van der Waals surface area contributed by atoms with Crippen molar-refractivity contribution in [2.24, 2.45) is 0 Å². The van der Waals surface area contributed by atoms with Gasteiger partial charge in [-0.25, -0.2) is 4.79 Å². The van der Waals surface area contributed by atoms with Gasteiger partial charge in [0, 0.05) is 44.6 Å². The highest BCUT2D eigenvalue weighted by atomic mass is 16.6. The van der Waals surface area contributed by atoms with Gasteiger partial charge in [-0.1, -0.05) is 18.2 Å². The van der Waals surface area contributed by atoms with Crippen molar-refractivity contribution in [3.05, 3.63) is 29.8 Å². The van der Waals surface area contributed by atoms with Crippen LogP contribution < -0.4 is 4.74 Å². The molecule has 0 aromatic heterocycles. The summed E-state index contributed by atoms with van der Waals surface area (Å²) in [5, 5.41) is 0. The zero-order valence-corrected chi connectivity index (χ0v) is 16.2. The summed E-state index contributed by atoms with van der Waals surface area (Å²) in [4.78, 5) is 18.7. The lowest BCUT2D eigenvalue weighted by molar-refractivity contribution is -0.00135. The fourth-order valence-electron chi connectivity index (χ4n) is 3.90. The van der Waals surface area contributed by atoms with Crippen molar-refractivity contribution in [2.75, 3.05) is 53.9 Å². The minimum Gasteiger partial charge on any atom is -0.496 e. The van der Waals surface area contributed by atoms with E-state index in [0.29, 0.717) is 0 Å². The van der Waals surface area contributed by atoms with Crippen LogP contribution in [0.25, 0.3) is 0 Å². The van der Waals surface area contributed by atoms with E-state index in [9.17, 15) is 4.79 Å². The van der Waals surface area contributed by atoms with Crippen molar-refractivity contribution in [1.82, 2.24) is 14.7 Å². The second kappa shape index (κ2) is 8.27. The van der Waals surface area contributed by atoms with Gasteiger partial charge >= 0.3 is 6.09 Å². The lowest BCUT2D eigenvalue weighted by Gasteiger charge is -2.37. The normalized spacial score (nSPS) is 20.0. The second-order valence-corrected chi connectivity index (χ2v) is 7.72. The third-order valence-corrected chi connectivity index (χ3v) is 5.43. The van der Waals surface area contributed by atoms with E-state index < -0.39 is 0 Å². The maximum absolute atomic E-state index is 12.2. The molecule has 1 aromatic carbocycles. The number of para-hydroxylation sites is 1. The highest BCUT2D eigenvalue weighted by Crippen LogP contribution is 2.34. The molecule has 2 aliphatic heterocycles. The van der Waals surface area contributed by atoms with Gasteiger partial charge in [-0.15, -0.1) is 0 Å². The molecule has 1 aromatic rings. The maximum atomic E-state index is 12.2. The predicted molar refractivity (Wildman–Crippen MR) is 101 cm³/mol. The van der Waals surface area contributed by atoms with E-state index in [0.717, 1.165) is 64.3 Å². The SMILES string of the molecule is COc1ccccc1CN1CCC2(CC1)CN(CCCN(C)C)C(=O)O2. The summed E-state index contributed by atoms with van der Waals surface area (Å²) < 4.78 is 11.3. The number of carbonyl (C=O) groups is 1. The fraction of sp³-hybridized carbons (Fsp3) is 0.650. The van der Waals surface area contributed by atoms with E-state index in [1.165, 1.54) is 5.56 Å². The predicted octanol–water partition coefficient (Wildman–Crippen LogP) is 2.43. The number of hydrogen-bond acceptors (Lipinski definition) is 5. The number of rotatable bonds is 7. The fourth-order valence-corrected chi connectivity index (χ4v) is 3.90. The molecule has 3 rings (SSSR count). The van der Waals surface area contributed by atoms with Crippen LogP contribution in [0.2, 0.25) is 0 Å². The first-order valence-corrected chi connectivity index (χ1v) is 9.48. The van der Waals surface area contributed by atoms with Crippen LogP contribution >= 0.6 is 0 Å². The lowest BCUT2D eigenvalue weighted by atomic mass is 9.91. The zero-order chi connectivity index (χ0) is 18.6. The number of ether oxygens (including phenoxy) is 2. The third-order valence-electron chi connectivity index (χ3n) is 5.43. The number of piperidine rings is 1. The molecule has 2 aliphatic rings. The Hall–Kier alpha value is -1.79. The van der Waals surface area contributed by atoms with Crippen LogP contribution in [-0.2, 0) is 11.3 Å². The number of likely N-dealkylation sites (tertiary alicyclic amines) is 1. The number of hydrogen-bond donors (Lipinski definition) is 0. The molecule has 2 heterocycles. The highest BCUT2D eigenvalue weighted by molar-refractivity contribution is 5.70. The summed E-state index contributed by atoms with van der Waals surface area (Å²) in [6.45, 7) is 5.27. The van der Waals surface area contributed by atoms with Crippen LogP contribution in [0.1, 0.15) is 24.8 Å². The summed E-state index contributed by atoms with van der Waals surface area (Å²) in [5.41, 5.74) is 0.923. The molecule has 144 valence electrons. The van der Waals surface area contributed by atoms with Crippen molar-refractivity contribution in [3.8, 4) is 5.75 Å². The first kappa shape index (κ1) is 19.0. The Labute approximate surface area is 156 Å². The average Bonchev–Trinajstić information content (AvgIpc) is 2.93. The van der Waals surface area contributed by atoms with Gasteiger partial charge in [-0.2, -0.15) is 0 Å². The van der Waals surface area contributed by atoms with Crippen LogP contribution in [0.4, 0.5) is 4.79 Å². The molecule has 0 N–H and O–H groups in total. The molecule has 1 amide bonds. The Kier molecular flexibility index (Phi) is 6.04. The van der Waals surface area contributed by atoms with Crippen molar-refractivity contribution < 1.29 is 14.3 Å². The summed E-state index contributed by atoms with van der Waals surface area (Å²) >= 11 is 0. The van der Waals surface area contributed by atoms with E-state index in [1.807, 2.05) is 23.1 Å². The van der Waals surface area contributed by atoms with Gasteiger partial charge in [0.1, 0.15) is 11.4 Å². The Morgan fingerprint density at radius 3 is 2.65 bits per heavy atom. The van der Waals surface area contributed by atoms with Crippen molar-refractivity contribution in [2.45, 2.75) is 31.4 Å². The summed E-state index contributed by atoms with van der Waals surface area (Å²) in [5.74, 6) is 0.937. The van der Waals surface area contributed by atoms with E-state index in [-0.39, 0.29) is 11.7 Å². The van der Waals surface area contributed by atoms with E-state index in [1.54, 1.807) is 7.11 Å². The standard InChI is InChI=1S/C20H31N3O3/c1-21(2)11-6-12-23-16-20(26-19(23)24)9-13-22(14-10-20)15-17-7-4-5-8-18(17)25-3/h4-5,7-8H,6,9-16H2,1-3H3. The molecule has 0 unspecified atom stereocenters. The number of carbonyl (C=O) groups excluding carboxylic acids is 1. The van der Waals surface area contributed by atoms with Crippen molar-refractivity contribution in [3.63, 3.8) is 0 Å². The molecule has 2 saturated heterocycles. The van der Waals surface area contributed by atoms with Gasteiger partial charge in [0.05, 0.1) is 13.7 Å². The molecule has 6 heteroatoms. The van der Waals surface area contributed by atoms with Gasteiger partial charge in [-0.3, -0.25) is 4.90 Å². The van der Waals surface area contributed by atoms with Crippen LogP contribution in [0.15, 0.2) is 24.3 Å². The summed E-state index contributed by atoms with van der Waals surface area (Å²) in [7, 11) is 5.83. The molecule has 26 heavy (non-hydrogen) atoms. The molecule has 0 bridgehead atoms. The van der Waals surface area contributed by atoms with E-state index in [4.69, 9.17) is 9.47 Å². The zero-order valence-electron chi connectivity index (χ0n) is 16.2. The smallest absolute Gasteiger partial charge is 0.410 e. The first-order chi connectivity index (χ1) is 12.5. The third kappa shape index (κ3) is 4.48. The molecular formula is C20H31N3O3. The monoisotopic (exact) mass is 361 g/mol. The van der Waals surface area contributed by atoms with Crippen LogP contribution in [0, 0.1) is 0 Å². The average molecular weight is 361 g/mol. The molecule has 0 atom stereocenters. The molecule has 0 aliphatic carbocycles. The van der Waals surface area contributed by atoms with Crippen LogP contribution in [0.3, 0.4) is 0 Å². The number of amides is 1. The quantitative estimate of drug-likeness (QED) is 0.746. The lowest BCUT2D eigenvalue weighted by Crippen LogP contribution is -2.46. The first-order valence-electron chi connectivity index (χ1n) is 9.48. The molecule has 0 saturated carbocycles. The van der Waals surface area contributed by atoms with Gasteiger partial charge in [-0.05, 0) is 33.1 Å². The topological polar surface area (TPSA) is 45.2 Å². The Morgan fingerprint density at radius 1 is 1.23 bits per heavy atom. The Balaban J connectivity index is 1.51. The summed E-state index contributed by atoms with van der Waals surface area (Å²) in [6.07, 6.45) is 2.65. The molecule has 2 fully saturated rings. The second-order valence-electron chi connectivity index (χ2n) is 7.72. The van der Waals surface area contributed by atoms with E-state index in [2.05, 4.69) is 30.0 Å². The van der Waals surface area contributed by atoms with Gasteiger partial charge in [0.25, 0.3) is 0 Å². The van der Waals surface area contributed by atoms with Crippen LogP contribution in [0.5, 0.6) is 5.75 Å². The van der Waals surface area contributed by atoms with Gasteiger partial charge in [0.2, 0.25) is 0 Å². The molecule has 6 nitrogen and oxygen atoms in total. The molecule has 0 radical (unpaired) electrons. The maximum Gasteiger partial charge on any atom is 0.410 e. The highest BCUT2D eigenvalue weighted by Gasteiger charge is 2.46. The molecular weight excluding hydrogens is 330 g/mol.